The second-order valence-electron chi connectivity index (χ2n) is 7.00. The summed E-state index contributed by atoms with van der Waals surface area (Å²) in [7, 11) is 0. The number of nitrogens with two attached hydrogens (primary N) is 1. The average molecular weight is 364 g/mol. The summed E-state index contributed by atoms with van der Waals surface area (Å²) in [5.74, 6) is 1.69. The minimum atomic E-state index is 0.138. The van der Waals surface area contributed by atoms with Crippen molar-refractivity contribution in [3.63, 3.8) is 0 Å². The molecule has 0 spiro atoms. The third-order valence-electron chi connectivity index (χ3n) is 5.19. The molecule has 1 aliphatic carbocycles. The normalized spacial score (nSPS) is 17.1. The fourth-order valence-corrected chi connectivity index (χ4v) is 3.75. The number of phenols is 1. The van der Waals surface area contributed by atoms with E-state index in [1.54, 1.807) is 18.2 Å². The zero-order chi connectivity index (χ0) is 19.0. The van der Waals surface area contributed by atoms with Crippen LogP contribution in [0.1, 0.15) is 44.7 Å². The lowest BCUT2D eigenvalue weighted by Crippen LogP contribution is -2.33. The molecule has 27 heavy (non-hydrogen) atoms. The number of hydrogen-bond acceptors (Lipinski definition) is 6. The number of amidine groups is 1. The lowest BCUT2D eigenvalue weighted by molar-refractivity contribution is 0.401. The van der Waals surface area contributed by atoms with Gasteiger partial charge in [-0.15, -0.1) is 0 Å². The molecule has 0 bridgehead atoms. The van der Waals surface area contributed by atoms with Crippen LogP contribution in [-0.4, -0.2) is 21.0 Å². The van der Waals surface area contributed by atoms with E-state index in [1.807, 2.05) is 6.07 Å². The molecule has 0 saturated heterocycles. The highest BCUT2D eigenvalue weighted by Gasteiger charge is 2.27. The molecule has 0 unspecified atom stereocenters. The predicted molar refractivity (Wildman–Crippen MR) is 106 cm³/mol. The van der Waals surface area contributed by atoms with Crippen molar-refractivity contribution < 1.29 is 9.63 Å². The van der Waals surface area contributed by atoms with E-state index in [2.05, 4.69) is 23.6 Å². The summed E-state index contributed by atoms with van der Waals surface area (Å²) in [5, 5.41) is 13.9. The highest BCUT2D eigenvalue weighted by atomic mass is 16.5. The van der Waals surface area contributed by atoms with Crippen molar-refractivity contribution in [2.75, 3.05) is 5.73 Å². The highest BCUT2D eigenvalue weighted by Crippen LogP contribution is 2.36. The molecule has 2 heterocycles. The topological polar surface area (TPSA) is 87.9 Å². The van der Waals surface area contributed by atoms with Gasteiger partial charge < -0.3 is 20.3 Å². The summed E-state index contributed by atoms with van der Waals surface area (Å²) >= 11 is 0. The van der Waals surface area contributed by atoms with Gasteiger partial charge in [0.2, 0.25) is 0 Å². The van der Waals surface area contributed by atoms with Crippen LogP contribution >= 0.6 is 0 Å². The van der Waals surface area contributed by atoms with Gasteiger partial charge in [0.25, 0.3) is 0 Å². The Morgan fingerprint density at radius 1 is 1.26 bits per heavy atom. The second kappa shape index (κ2) is 6.95. The van der Waals surface area contributed by atoms with Crippen LogP contribution in [0, 0.1) is 0 Å². The molecular formula is C21H24N4O2. The van der Waals surface area contributed by atoms with Crippen LogP contribution in [0.4, 0.5) is 5.69 Å². The number of benzene rings is 1. The number of nitrogens with zero attached hydrogens (tertiary/aromatic N) is 3. The van der Waals surface area contributed by atoms with Gasteiger partial charge in [-0.3, -0.25) is 0 Å². The largest absolute Gasteiger partial charge is 0.508 e. The van der Waals surface area contributed by atoms with Gasteiger partial charge in [0.1, 0.15) is 17.3 Å². The van der Waals surface area contributed by atoms with Crippen molar-refractivity contribution in [1.29, 1.82) is 0 Å². The summed E-state index contributed by atoms with van der Waals surface area (Å²) in [6.45, 7) is 6.99. The van der Waals surface area contributed by atoms with Crippen molar-refractivity contribution in [3.8, 4) is 17.1 Å². The maximum Gasteiger partial charge on any atom is 0.169 e. The molecule has 4 rings (SSSR count). The highest BCUT2D eigenvalue weighted by molar-refractivity contribution is 5.87. The number of aromatic nitrogens is 1. The van der Waals surface area contributed by atoms with Gasteiger partial charge in [-0.2, -0.15) is 0 Å². The van der Waals surface area contributed by atoms with Crippen LogP contribution in [0.15, 0.2) is 57.3 Å². The number of aromatic hydroxyl groups is 1. The Morgan fingerprint density at radius 3 is 2.89 bits per heavy atom. The van der Waals surface area contributed by atoms with E-state index in [0.29, 0.717) is 23.6 Å². The van der Waals surface area contributed by atoms with Crippen LogP contribution in [0.3, 0.4) is 0 Å². The molecular weight excluding hydrogens is 340 g/mol. The van der Waals surface area contributed by atoms with E-state index < -0.39 is 0 Å². The Bertz CT molecular complexity index is 955. The number of hydrogen-bond donors (Lipinski definition) is 2. The summed E-state index contributed by atoms with van der Waals surface area (Å²) in [4.78, 5) is 7.03. The smallest absolute Gasteiger partial charge is 0.169 e. The van der Waals surface area contributed by atoms with E-state index in [9.17, 15) is 5.11 Å². The number of rotatable bonds is 4. The molecule has 2 aliphatic rings. The molecule has 0 fully saturated rings. The molecule has 1 aromatic heterocycles. The number of allylic oxidation sites excluding steroid dienone is 2. The number of nitrogen functional groups attached to an aromatic ring is 1. The Labute approximate surface area is 158 Å². The first-order chi connectivity index (χ1) is 13.1. The first-order valence-electron chi connectivity index (χ1n) is 9.37. The molecule has 3 N–H and O–H groups in total. The van der Waals surface area contributed by atoms with Gasteiger partial charge >= 0.3 is 0 Å². The molecule has 1 aromatic carbocycles. The van der Waals surface area contributed by atoms with Crippen molar-refractivity contribution in [2.45, 2.75) is 45.6 Å². The molecule has 1 aliphatic heterocycles. The van der Waals surface area contributed by atoms with Gasteiger partial charge in [0.05, 0.1) is 6.54 Å². The van der Waals surface area contributed by atoms with E-state index in [-0.39, 0.29) is 5.75 Å². The third kappa shape index (κ3) is 3.23. The van der Waals surface area contributed by atoms with Crippen LogP contribution in [0.2, 0.25) is 0 Å². The summed E-state index contributed by atoms with van der Waals surface area (Å²) in [5.41, 5.74) is 11.4. The second-order valence-corrected chi connectivity index (χ2v) is 7.00. The lowest BCUT2D eigenvalue weighted by atomic mass is 9.92. The molecule has 6 nitrogen and oxygen atoms in total. The van der Waals surface area contributed by atoms with Crippen molar-refractivity contribution in [2.24, 2.45) is 4.99 Å². The van der Waals surface area contributed by atoms with Gasteiger partial charge in [-0.1, -0.05) is 18.7 Å². The van der Waals surface area contributed by atoms with Gasteiger partial charge in [-0.05, 0) is 49.5 Å². The summed E-state index contributed by atoms with van der Waals surface area (Å²) in [6, 6.07) is 6.64. The monoisotopic (exact) mass is 364 g/mol. The Hall–Kier alpha value is -3.02. The summed E-state index contributed by atoms with van der Waals surface area (Å²) in [6.07, 6.45) is 5.30. The molecule has 140 valence electrons. The Kier molecular flexibility index (Phi) is 4.48. The number of anilines is 1. The van der Waals surface area contributed by atoms with E-state index in [0.717, 1.165) is 36.5 Å². The fourth-order valence-electron chi connectivity index (χ4n) is 3.75. The number of phenolic OH excluding ortho intramolecular Hbond substituents is 1. The Balaban J connectivity index is 1.60. The molecule has 0 saturated carbocycles. The third-order valence-corrected chi connectivity index (χ3v) is 5.19. The minimum absolute atomic E-state index is 0.138. The van der Waals surface area contributed by atoms with E-state index in [1.165, 1.54) is 24.1 Å². The average Bonchev–Trinajstić information content (AvgIpc) is 3.14. The first kappa shape index (κ1) is 17.4. The van der Waals surface area contributed by atoms with Crippen LogP contribution < -0.4 is 5.73 Å². The van der Waals surface area contributed by atoms with Gasteiger partial charge in [-0.25, -0.2) is 4.99 Å². The molecule has 0 atom stereocenters. The first-order valence-corrected chi connectivity index (χ1v) is 9.37. The summed E-state index contributed by atoms with van der Waals surface area (Å²) < 4.78 is 5.49. The minimum Gasteiger partial charge on any atom is -0.508 e. The fraction of sp³-hybridized carbons (Fsp3) is 0.333. The maximum absolute atomic E-state index is 9.72. The zero-order valence-electron chi connectivity index (χ0n) is 15.5. The molecule has 0 amide bonds. The molecule has 6 heteroatoms. The van der Waals surface area contributed by atoms with Crippen LogP contribution in [0.25, 0.3) is 11.3 Å². The van der Waals surface area contributed by atoms with Crippen molar-refractivity contribution in [3.05, 3.63) is 53.5 Å². The Morgan fingerprint density at radius 2 is 2.07 bits per heavy atom. The standard InChI is InChI=1S/C21H24N4O2/c1-3-21-23-19-7-5-4-6-16(19)13(2)25(21)12-14-10-20(27-24-14)17-11-15(26)8-9-18(17)22/h8-11,26H,2-7,12,22H2,1H3. The van der Waals surface area contributed by atoms with Gasteiger partial charge in [0.15, 0.2) is 5.76 Å². The van der Waals surface area contributed by atoms with Gasteiger partial charge in [0, 0.05) is 35.1 Å². The zero-order valence-corrected chi connectivity index (χ0v) is 15.5. The maximum atomic E-state index is 9.72. The van der Waals surface area contributed by atoms with Crippen molar-refractivity contribution in [1.82, 2.24) is 10.1 Å². The molecule has 2 aromatic rings. The van der Waals surface area contributed by atoms with Crippen LogP contribution in [0.5, 0.6) is 5.75 Å². The SMILES string of the molecule is C=C1C2=C(CCCC2)N=C(CC)N1Cc1cc(-c2cc(O)ccc2N)on1. The molecule has 0 radical (unpaired) electrons. The predicted octanol–water partition coefficient (Wildman–Crippen LogP) is 4.60. The van der Waals surface area contributed by atoms with Crippen LogP contribution in [-0.2, 0) is 6.54 Å². The number of aliphatic imine (C=N–C) groups is 1. The van der Waals surface area contributed by atoms with Crippen molar-refractivity contribution >= 4 is 11.5 Å². The lowest BCUT2D eigenvalue weighted by Gasteiger charge is -2.34. The quantitative estimate of drug-likeness (QED) is 0.612. The van der Waals surface area contributed by atoms with E-state index in [4.69, 9.17) is 15.2 Å². The van der Waals surface area contributed by atoms with E-state index >= 15 is 0 Å².